The van der Waals surface area contributed by atoms with Gasteiger partial charge in [-0.05, 0) is 159 Å². The first-order valence-electron chi connectivity index (χ1n) is 21.6. The molecule has 0 bridgehead atoms. The van der Waals surface area contributed by atoms with E-state index in [1.165, 1.54) is 10.8 Å². The van der Waals surface area contributed by atoms with Crippen LogP contribution in [0.15, 0.2) is 110 Å². The molecule has 4 aromatic heterocycles. The topological polar surface area (TPSA) is 87.4 Å². The number of rotatable bonds is 10. The van der Waals surface area contributed by atoms with Crippen molar-refractivity contribution in [1.29, 1.82) is 0 Å². The summed E-state index contributed by atoms with van der Waals surface area (Å²) in [6.45, 7) is 5.67. The minimum absolute atomic E-state index is 0.0204. The summed E-state index contributed by atoms with van der Waals surface area (Å²) in [5.41, 5.74) is 11.8. The second-order valence-electron chi connectivity index (χ2n) is 17.8. The fourth-order valence-corrected chi connectivity index (χ4v) is 10.1. The van der Waals surface area contributed by atoms with Crippen LogP contribution in [0.5, 0.6) is 0 Å². The molecule has 60 heavy (non-hydrogen) atoms. The minimum atomic E-state index is -0.0204. The molecule has 2 aliphatic heterocycles. The minimum Gasteiger partial charge on any atom is -0.370 e. The Bertz CT molecular complexity index is 2660. The second-order valence-corrected chi connectivity index (χ2v) is 17.8. The number of hydrogen-bond acceptors (Lipinski definition) is 7. The largest absolute Gasteiger partial charge is 0.370 e. The van der Waals surface area contributed by atoms with E-state index >= 15 is 4.79 Å². The summed E-state index contributed by atoms with van der Waals surface area (Å²) in [4.78, 5) is 41.9. The van der Waals surface area contributed by atoms with Gasteiger partial charge in [-0.25, -0.2) is 0 Å². The lowest BCUT2D eigenvalue weighted by Gasteiger charge is -2.37. The Morgan fingerprint density at radius 1 is 0.567 bits per heavy atom. The smallest absolute Gasteiger partial charge is 0.200 e. The molecule has 9 heteroatoms. The predicted molar refractivity (Wildman–Crippen MR) is 248 cm³/mol. The number of fused-ring (bicyclic) bond motifs is 4. The maximum absolute atomic E-state index is 15.7. The molecule has 4 aromatic carbocycles. The monoisotopic (exact) mass is 794 g/mol. The third-order valence-electron chi connectivity index (χ3n) is 13.0. The van der Waals surface area contributed by atoms with Crippen LogP contribution in [0.25, 0.3) is 65.9 Å². The van der Waals surface area contributed by atoms with Gasteiger partial charge in [0, 0.05) is 85.9 Å². The van der Waals surface area contributed by atoms with Crippen LogP contribution in [-0.4, -0.2) is 103 Å². The Morgan fingerprint density at radius 2 is 0.967 bits per heavy atom. The summed E-state index contributed by atoms with van der Waals surface area (Å²) in [5.74, 6) is 1.21. The van der Waals surface area contributed by atoms with Gasteiger partial charge < -0.3 is 29.6 Å². The number of nitrogens with zero attached hydrogens (tertiary/aromatic N) is 6. The lowest BCUT2D eigenvalue weighted by Crippen LogP contribution is -2.38. The third-order valence-corrected chi connectivity index (χ3v) is 13.0. The van der Waals surface area contributed by atoms with E-state index in [4.69, 9.17) is 9.97 Å². The van der Waals surface area contributed by atoms with Gasteiger partial charge in [-0.1, -0.05) is 24.3 Å². The standard InChI is InChI=1S/C51H54N8O/c1-56(2)31-33-15-21-58(22-16-33)49-41-27-37(35-5-9-45-39(25-35)13-19-52-45)7-11-47(41)54-29-43(49)51(60)44-30-55-48-12-8-38(36-6-10-46-40(26-36)14-20-53-46)28-42(48)50(44)59-23-17-34(18-24-59)32-57(3)4/h5-14,19-20,25-30,33-34,52-53H,15-18,21-24,31-32H2,1-4H3. The first-order valence-corrected chi connectivity index (χ1v) is 21.6. The van der Waals surface area contributed by atoms with Gasteiger partial charge in [0.05, 0.1) is 33.5 Å². The zero-order chi connectivity index (χ0) is 40.9. The normalized spacial score (nSPS) is 15.8. The van der Waals surface area contributed by atoms with Gasteiger partial charge in [0.2, 0.25) is 0 Å². The fraction of sp³-hybridized carbons (Fsp3) is 0.314. The van der Waals surface area contributed by atoms with Crippen molar-refractivity contribution in [1.82, 2.24) is 29.7 Å². The Kier molecular flexibility index (Phi) is 10.1. The number of nitrogens with one attached hydrogen (secondary N) is 2. The molecule has 0 spiro atoms. The number of pyridine rings is 2. The number of benzene rings is 4. The van der Waals surface area contributed by atoms with Crippen molar-refractivity contribution in [3.63, 3.8) is 0 Å². The van der Waals surface area contributed by atoms with E-state index in [1.807, 2.05) is 24.8 Å². The van der Waals surface area contributed by atoms with Crippen molar-refractivity contribution < 1.29 is 4.79 Å². The Balaban J connectivity index is 1.12. The van der Waals surface area contributed by atoms with Gasteiger partial charge in [0.25, 0.3) is 0 Å². The third kappa shape index (κ3) is 7.30. The molecule has 9 nitrogen and oxygen atoms in total. The highest BCUT2D eigenvalue weighted by atomic mass is 16.1. The number of piperidine rings is 2. The molecular formula is C51H54N8O. The highest BCUT2D eigenvalue weighted by Crippen LogP contribution is 2.41. The molecule has 0 aliphatic carbocycles. The quantitative estimate of drug-likeness (QED) is 0.133. The molecule has 304 valence electrons. The molecule has 2 N–H and O–H groups in total. The number of anilines is 2. The molecule has 6 heterocycles. The lowest BCUT2D eigenvalue weighted by atomic mass is 9.91. The first-order chi connectivity index (χ1) is 29.3. The van der Waals surface area contributed by atoms with Gasteiger partial charge in [0.15, 0.2) is 5.78 Å². The van der Waals surface area contributed by atoms with E-state index < -0.39 is 0 Å². The van der Waals surface area contributed by atoms with Crippen LogP contribution >= 0.6 is 0 Å². The number of aromatic nitrogens is 4. The molecular weight excluding hydrogens is 741 g/mol. The van der Waals surface area contributed by atoms with Crippen LogP contribution in [0.3, 0.4) is 0 Å². The zero-order valence-electron chi connectivity index (χ0n) is 35.2. The van der Waals surface area contributed by atoms with Crippen molar-refractivity contribution in [2.75, 3.05) is 77.3 Å². The molecule has 2 fully saturated rings. The van der Waals surface area contributed by atoms with Crippen LogP contribution in [0.4, 0.5) is 11.4 Å². The number of carbonyl (C=O) groups is 1. The highest BCUT2D eigenvalue weighted by Gasteiger charge is 2.31. The first kappa shape index (κ1) is 38.2. The van der Waals surface area contributed by atoms with Crippen LogP contribution < -0.4 is 9.80 Å². The summed E-state index contributed by atoms with van der Waals surface area (Å²) in [6.07, 6.45) is 11.9. The molecule has 0 amide bonds. The Morgan fingerprint density at radius 3 is 1.38 bits per heavy atom. The van der Waals surface area contributed by atoms with Gasteiger partial charge in [-0.3, -0.25) is 14.8 Å². The van der Waals surface area contributed by atoms with Crippen LogP contribution in [-0.2, 0) is 0 Å². The molecule has 10 rings (SSSR count). The zero-order valence-corrected chi connectivity index (χ0v) is 35.2. The maximum Gasteiger partial charge on any atom is 0.200 e. The van der Waals surface area contributed by atoms with Crippen LogP contribution in [0, 0.1) is 11.8 Å². The number of aromatic amines is 2. The van der Waals surface area contributed by atoms with Crippen molar-refractivity contribution in [2.24, 2.45) is 11.8 Å². The van der Waals surface area contributed by atoms with Gasteiger partial charge >= 0.3 is 0 Å². The Labute approximate surface area is 352 Å². The Hall–Kier alpha value is -6.03. The molecule has 2 aliphatic rings. The van der Waals surface area contributed by atoms with E-state index in [2.05, 4.69) is 143 Å². The number of H-pyrrole nitrogens is 2. The molecule has 0 unspecified atom stereocenters. The molecule has 0 radical (unpaired) electrons. The van der Waals surface area contributed by atoms with Crippen molar-refractivity contribution in [2.45, 2.75) is 25.7 Å². The molecule has 8 aromatic rings. The summed E-state index contributed by atoms with van der Waals surface area (Å²) in [7, 11) is 8.65. The second kappa shape index (κ2) is 15.9. The van der Waals surface area contributed by atoms with E-state index in [0.29, 0.717) is 23.0 Å². The maximum atomic E-state index is 15.7. The van der Waals surface area contributed by atoms with E-state index in [0.717, 1.165) is 131 Å². The summed E-state index contributed by atoms with van der Waals surface area (Å²) in [5, 5.41) is 4.38. The molecule has 0 saturated carbocycles. The SMILES string of the molecule is CN(C)CC1CCN(c2c(C(=O)c3cnc4ccc(-c5ccc6[nH]ccc6c5)cc4c3N3CCC(CN(C)C)CC3)cnc3ccc(-c4ccc5[nH]ccc5c4)cc23)CC1. The van der Waals surface area contributed by atoms with Crippen LogP contribution in [0.2, 0.25) is 0 Å². The van der Waals surface area contributed by atoms with Crippen molar-refractivity contribution in [3.8, 4) is 22.3 Å². The van der Waals surface area contributed by atoms with E-state index in [9.17, 15) is 0 Å². The number of carbonyl (C=O) groups excluding carboxylic acids is 1. The lowest BCUT2D eigenvalue weighted by molar-refractivity contribution is 0.103. The van der Waals surface area contributed by atoms with E-state index in [1.54, 1.807) is 0 Å². The van der Waals surface area contributed by atoms with Crippen LogP contribution in [0.1, 0.15) is 41.6 Å². The molecule has 0 atom stereocenters. The summed E-state index contributed by atoms with van der Waals surface area (Å²) < 4.78 is 0. The molecule has 2 saturated heterocycles. The highest BCUT2D eigenvalue weighted by molar-refractivity contribution is 6.21. The summed E-state index contributed by atoms with van der Waals surface area (Å²) in [6, 6.07) is 30.4. The number of hydrogen-bond donors (Lipinski definition) is 2. The predicted octanol–water partition coefficient (Wildman–Crippen LogP) is 9.87. The average molecular weight is 795 g/mol. The average Bonchev–Trinajstić information content (AvgIpc) is 3.95. The number of ketones is 1. The van der Waals surface area contributed by atoms with Gasteiger partial charge in [-0.2, -0.15) is 0 Å². The van der Waals surface area contributed by atoms with E-state index in [-0.39, 0.29) is 5.78 Å². The van der Waals surface area contributed by atoms with Crippen molar-refractivity contribution >= 4 is 60.8 Å². The van der Waals surface area contributed by atoms with Gasteiger partial charge in [-0.15, -0.1) is 0 Å². The summed E-state index contributed by atoms with van der Waals surface area (Å²) >= 11 is 0. The van der Waals surface area contributed by atoms with Gasteiger partial charge in [0.1, 0.15) is 0 Å². The fourth-order valence-electron chi connectivity index (χ4n) is 10.1. The van der Waals surface area contributed by atoms with Crippen molar-refractivity contribution in [3.05, 3.63) is 121 Å².